The number of hydrogen-bond donors (Lipinski definition) is 2. The number of carbonyl (C=O) groups excluding carboxylic acids is 2. The summed E-state index contributed by atoms with van der Waals surface area (Å²) in [7, 11) is 0. The van der Waals surface area contributed by atoms with Crippen LogP contribution in [-0.4, -0.2) is 51.9 Å². The highest BCUT2D eigenvalue weighted by molar-refractivity contribution is 7.99. The molecule has 1 atom stereocenters. The fourth-order valence-corrected chi connectivity index (χ4v) is 2.38. The normalized spacial score (nSPS) is 17.2. The van der Waals surface area contributed by atoms with E-state index in [1.54, 1.807) is 0 Å². The van der Waals surface area contributed by atoms with E-state index in [-0.39, 0.29) is 17.6 Å². The third kappa shape index (κ3) is 4.35. The number of carboxylic acids is 1. The SMILES string of the molecule is NC(CCSCC(=O)N1CCCC1=O)C(=O)O. The first kappa shape index (κ1) is 14.0. The summed E-state index contributed by atoms with van der Waals surface area (Å²) >= 11 is 1.31. The highest BCUT2D eigenvalue weighted by Gasteiger charge is 2.25. The lowest BCUT2D eigenvalue weighted by Gasteiger charge is -2.13. The lowest BCUT2D eigenvalue weighted by Crippen LogP contribution is -2.33. The van der Waals surface area contributed by atoms with Crippen molar-refractivity contribution in [2.24, 2.45) is 5.73 Å². The van der Waals surface area contributed by atoms with Gasteiger partial charge in [-0.1, -0.05) is 0 Å². The molecule has 0 aromatic carbocycles. The highest BCUT2D eigenvalue weighted by atomic mass is 32.2. The number of rotatable bonds is 6. The van der Waals surface area contributed by atoms with Gasteiger partial charge in [-0.25, -0.2) is 0 Å². The Balaban J connectivity index is 2.16. The molecule has 1 unspecified atom stereocenters. The van der Waals surface area contributed by atoms with E-state index in [1.165, 1.54) is 16.7 Å². The van der Waals surface area contributed by atoms with Gasteiger partial charge in [0.25, 0.3) is 0 Å². The Morgan fingerprint density at radius 2 is 2.24 bits per heavy atom. The van der Waals surface area contributed by atoms with E-state index in [2.05, 4.69) is 0 Å². The largest absolute Gasteiger partial charge is 0.480 e. The Hall–Kier alpha value is -1.08. The predicted octanol–water partition coefficient (Wildman–Crippen LogP) is -0.329. The number of aliphatic carboxylic acids is 1. The number of imide groups is 1. The Kier molecular flexibility index (Phi) is 5.43. The molecular weight excluding hydrogens is 244 g/mol. The van der Waals surface area contributed by atoms with Gasteiger partial charge in [0.15, 0.2) is 0 Å². The Bertz CT molecular complexity index is 321. The maximum atomic E-state index is 11.6. The van der Waals surface area contributed by atoms with Crippen LogP contribution in [0.4, 0.5) is 0 Å². The van der Waals surface area contributed by atoms with Crippen molar-refractivity contribution in [2.45, 2.75) is 25.3 Å². The first-order valence-corrected chi connectivity index (χ1v) is 6.57. The van der Waals surface area contributed by atoms with Crippen LogP contribution in [-0.2, 0) is 14.4 Å². The van der Waals surface area contributed by atoms with Gasteiger partial charge in [-0.2, -0.15) is 11.8 Å². The molecule has 0 aliphatic carbocycles. The third-order valence-electron chi connectivity index (χ3n) is 2.49. The molecule has 0 aromatic rings. The minimum Gasteiger partial charge on any atom is -0.480 e. The molecule has 1 fully saturated rings. The van der Waals surface area contributed by atoms with Crippen molar-refractivity contribution in [3.8, 4) is 0 Å². The second-order valence-electron chi connectivity index (χ2n) is 3.83. The molecule has 1 aliphatic rings. The fourth-order valence-electron chi connectivity index (χ4n) is 1.48. The zero-order valence-electron chi connectivity index (χ0n) is 9.42. The molecule has 0 spiro atoms. The Morgan fingerprint density at radius 1 is 1.53 bits per heavy atom. The molecule has 1 saturated heterocycles. The van der Waals surface area contributed by atoms with Crippen LogP contribution in [0.15, 0.2) is 0 Å². The summed E-state index contributed by atoms with van der Waals surface area (Å²) in [6.07, 6.45) is 1.50. The van der Waals surface area contributed by atoms with Gasteiger partial charge in [-0.3, -0.25) is 19.3 Å². The Morgan fingerprint density at radius 3 is 2.76 bits per heavy atom. The molecule has 17 heavy (non-hydrogen) atoms. The van der Waals surface area contributed by atoms with Crippen LogP contribution in [0.3, 0.4) is 0 Å². The van der Waals surface area contributed by atoms with Gasteiger partial charge in [0.2, 0.25) is 11.8 Å². The predicted molar refractivity (Wildman–Crippen MR) is 63.5 cm³/mol. The van der Waals surface area contributed by atoms with Crippen molar-refractivity contribution in [1.82, 2.24) is 4.90 Å². The van der Waals surface area contributed by atoms with Crippen LogP contribution >= 0.6 is 11.8 Å². The van der Waals surface area contributed by atoms with Crippen molar-refractivity contribution in [3.63, 3.8) is 0 Å². The number of nitrogens with zero attached hydrogens (tertiary/aromatic N) is 1. The molecule has 1 heterocycles. The van der Waals surface area contributed by atoms with Gasteiger partial charge in [-0.05, 0) is 18.6 Å². The summed E-state index contributed by atoms with van der Waals surface area (Å²) in [5, 5.41) is 8.54. The monoisotopic (exact) mass is 260 g/mol. The van der Waals surface area contributed by atoms with E-state index in [0.29, 0.717) is 25.1 Å². The average Bonchev–Trinajstić information content (AvgIpc) is 2.70. The maximum absolute atomic E-state index is 11.6. The van der Waals surface area contributed by atoms with Gasteiger partial charge in [-0.15, -0.1) is 0 Å². The minimum atomic E-state index is -1.04. The van der Waals surface area contributed by atoms with Crippen LogP contribution in [0.2, 0.25) is 0 Å². The van der Waals surface area contributed by atoms with Crippen molar-refractivity contribution < 1.29 is 19.5 Å². The van der Waals surface area contributed by atoms with Crippen molar-refractivity contribution in [2.75, 3.05) is 18.1 Å². The average molecular weight is 260 g/mol. The number of hydrogen-bond acceptors (Lipinski definition) is 5. The summed E-state index contributed by atoms with van der Waals surface area (Å²) in [6, 6.07) is -0.883. The van der Waals surface area contributed by atoms with E-state index in [9.17, 15) is 14.4 Å². The molecular formula is C10H16N2O4S. The molecule has 0 saturated carbocycles. The van der Waals surface area contributed by atoms with Gasteiger partial charge >= 0.3 is 5.97 Å². The van der Waals surface area contributed by atoms with Crippen molar-refractivity contribution in [1.29, 1.82) is 0 Å². The highest BCUT2D eigenvalue weighted by Crippen LogP contribution is 2.13. The van der Waals surface area contributed by atoms with Crippen LogP contribution in [0.1, 0.15) is 19.3 Å². The molecule has 2 amide bonds. The van der Waals surface area contributed by atoms with Crippen molar-refractivity contribution in [3.05, 3.63) is 0 Å². The molecule has 0 bridgehead atoms. The van der Waals surface area contributed by atoms with Crippen LogP contribution in [0, 0.1) is 0 Å². The summed E-state index contributed by atoms with van der Waals surface area (Å²) in [5.41, 5.74) is 5.32. The number of thioether (sulfide) groups is 1. The lowest BCUT2D eigenvalue weighted by molar-refractivity contribution is -0.140. The molecule has 96 valence electrons. The summed E-state index contributed by atoms with van der Waals surface area (Å²) in [5.74, 6) is -0.634. The lowest BCUT2D eigenvalue weighted by atomic mass is 10.2. The van der Waals surface area contributed by atoms with E-state index in [4.69, 9.17) is 10.8 Å². The zero-order valence-corrected chi connectivity index (χ0v) is 10.2. The van der Waals surface area contributed by atoms with Crippen molar-refractivity contribution >= 4 is 29.5 Å². The minimum absolute atomic E-state index is 0.113. The summed E-state index contributed by atoms with van der Waals surface area (Å²) < 4.78 is 0. The number of amides is 2. The van der Waals surface area contributed by atoms with E-state index >= 15 is 0 Å². The van der Waals surface area contributed by atoms with Crippen LogP contribution in [0.25, 0.3) is 0 Å². The standard InChI is InChI=1S/C10H16N2O4S/c11-7(10(15)16)3-5-17-6-9(14)12-4-1-2-8(12)13/h7H,1-6,11H2,(H,15,16). The number of nitrogens with two attached hydrogens (primary N) is 1. The van der Waals surface area contributed by atoms with Gasteiger partial charge in [0, 0.05) is 13.0 Å². The molecule has 1 rings (SSSR count). The van der Waals surface area contributed by atoms with E-state index in [0.717, 1.165) is 6.42 Å². The topological polar surface area (TPSA) is 101 Å². The molecule has 0 aromatic heterocycles. The summed E-state index contributed by atoms with van der Waals surface area (Å²) in [6.45, 7) is 0.507. The molecule has 7 heteroatoms. The molecule has 0 radical (unpaired) electrons. The molecule has 1 aliphatic heterocycles. The second kappa shape index (κ2) is 6.61. The van der Waals surface area contributed by atoms with Gasteiger partial charge in [0.05, 0.1) is 5.75 Å². The number of carbonyl (C=O) groups is 3. The first-order chi connectivity index (χ1) is 8.02. The third-order valence-corrected chi connectivity index (χ3v) is 3.47. The Labute approximate surface area is 104 Å². The summed E-state index contributed by atoms with van der Waals surface area (Å²) in [4.78, 5) is 34.5. The number of likely N-dealkylation sites (tertiary alicyclic amines) is 1. The van der Waals surface area contributed by atoms with Gasteiger partial charge in [0.1, 0.15) is 6.04 Å². The van der Waals surface area contributed by atoms with E-state index in [1.807, 2.05) is 0 Å². The smallest absolute Gasteiger partial charge is 0.320 e. The van der Waals surface area contributed by atoms with Crippen LogP contribution in [0.5, 0.6) is 0 Å². The molecule has 3 N–H and O–H groups in total. The number of carboxylic acid groups (broad SMARTS) is 1. The second-order valence-corrected chi connectivity index (χ2v) is 4.93. The zero-order chi connectivity index (χ0) is 12.8. The maximum Gasteiger partial charge on any atom is 0.320 e. The molecule has 6 nitrogen and oxygen atoms in total. The van der Waals surface area contributed by atoms with Crippen LogP contribution < -0.4 is 5.73 Å². The van der Waals surface area contributed by atoms with Gasteiger partial charge < -0.3 is 10.8 Å². The van der Waals surface area contributed by atoms with E-state index < -0.39 is 12.0 Å². The quantitative estimate of drug-likeness (QED) is 0.634. The first-order valence-electron chi connectivity index (χ1n) is 5.41. The fraction of sp³-hybridized carbons (Fsp3) is 0.700.